The summed E-state index contributed by atoms with van der Waals surface area (Å²) in [6.45, 7) is 9.66. The summed E-state index contributed by atoms with van der Waals surface area (Å²) >= 11 is 0. The third-order valence-electron chi connectivity index (χ3n) is 23.7. The molecule has 29 atom stereocenters. The molecule has 0 spiro atoms. The van der Waals surface area contributed by atoms with Crippen molar-refractivity contribution in [3.63, 3.8) is 0 Å². The number of carbonyl (C=O) groups excluding carboxylic acids is 4. The molecule has 7 saturated heterocycles. The number of cyclic esters (lactones) is 2. The average Bonchev–Trinajstić information content (AvgIpc) is 4.19. The number of hydrogen-bond acceptors (Lipinski definition) is 14. The third kappa shape index (κ3) is 6.59. The number of esters is 4. The van der Waals surface area contributed by atoms with E-state index in [9.17, 15) is 44.4 Å². The van der Waals surface area contributed by atoms with Crippen LogP contribution in [0.1, 0.15) is 97.1 Å². The third-order valence-corrected chi connectivity index (χ3v) is 23.7. The minimum absolute atomic E-state index is 0.0106. The molecule has 29 unspecified atom stereocenters. The SMILES string of the molecule is CC1C(=O)OC(=O)C1Cc1c(CC2C(CC3C(CC4C(C)C5OC4C4C6CC(CC6C(=O)OC(C)(C)C)C54)C4OC3C3C5CC(CC5C(=O)OCCO)C43)C3OC2C2C4CC(CC4C(=O)O)C32)c(O)n(C)c1O. The molecule has 6 aliphatic carbocycles. The molecule has 0 radical (unpaired) electrons. The first-order valence-electron chi connectivity index (χ1n) is 28.4. The largest absolute Gasteiger partial charge is 0.494 e. The lowest BCUT2D eigenvalue weighted by atomic mass is 9.54. The van der Waals surface area contributed by atoms with Gasteiger partial charge in [-0.05, 0) is 192 Å². The minimum Gasteiger partial charge on any atom is -0.494 e. The lowest BCUT2D eigenvalue weighted by molar-refractivity contribution is -0.163. The molecule has 73 heavy (non-hydrogen) atoms. The maximum Gasteiger partial charge on any atom is 0.317 e. The highest BCUT2D eigenvalue weighted by molar-refractivity contribution is 5.96. The van der Waals surface area contributed by atoms with Crippen LogP contribution in [0.4, 0.5) is 0 Å². The topological polar surface area (TPSA) is 227 Å². The van der Waals surface area contributed by atoms with E-state index in [1.807, 2.05) is 20.8 Å². The van der Waals surface area contributed by atoms with Crippen LogP contribution < -0.4 is 0 Å². The minimum atomic E-state index is -0.821. The number of carboxylic acid groups (broad SMARTS) is 1. The maximum absolute atomic E-state index is 13.8. The molecule has 4 N–H and O–H groups in total. The summed E-state index contributed by atoms with van der Waals surface area (Å²) in [5.74, 6) is -1.01. The van der Waals surface area contributed by atoms with Gasteiger partial charge in [-0.2, -0.15) is 0 Å². The average molecular weight is 1010 g/mol. The predicted molar refractivity (Wildman–Crippen MR) is 253 cm³/mol. The van der Waals surface area contributed by atoms with Gasteiger partial charge in [0.25, 0.3) is 0 Å². The standard InChI is InChI=1S/C57H75NO15/c1-19-24(45-42-28-10-22(38(42)44(19)69-45)14-37(28)56(67)73-57(3,4)5)15-29-31(48-43-27-11-23(40(43)46(29)70-48)13-36(27)54(65)68-8-7-59)17-30-32(49-41-26-9-21(12-35(26)52(62)63)39(41)47(30)71-49)18-34-33(50(60)58(6)51(34)61)16-25-20(2)53(64)72-55(25)66/h19-32,35-49,59-61H,7-18H2,1-6H3,(H,62,63). The van der Waals surface area contributed by atoms with E-state index >= 15 is 0 Å². The van der Waals surface area contributed by atoms with Gasteiger partial charge in [-0.1, -0.05) is 13.8 Å². The zero-order valence-electron chi connectivity index (χ0n) is 43.0. The first kappa shape index (κ1) is 47.7. The van der Waals surface area contributed by atoms with Crippen LogP contribution in [0.15, 0.2) is 0 Å². The summed E-state index contributed by atoms with van der Waals surface area (Å²) in [5, 5.41) is 43.6. The van der Waals surface area contributed by atoms with E-state index < -0.39 is 41.3 Å². The number of fused-ring (bicyclic) bond motifs is 27. The first-order valence-corrected chi connectivity index (χ1v) is 28.4. The second-order valence-corrected chi connectivity index (χ2v) is 27.3. The summed E-state index contributed by atoms with van der Waals surface area (Å²) in [4.78, 5) is 65.8. The van der Waals surface area contributed by atoms with Crippen LogP contribution in [0.2, 0.25) is 0 Å². The molecular weight excluding hydrogens is 939 g/mol. The van der Waals surface area contributed by atoms with Crippen molar-refractivity contribution >= 4 is 29.8 Å². The Labute approximate surface area is 426 Å². The molecule has 7 aliphatic heterocycles. The molecule has 14 rings (SSSR count). The summed E-state index contributed by atoms with van der Waals surface area (Å²) in [6, 6.07) is 0. The molecule has 16 heteroatoms. The summed E-state index contributed by atoms with van der Waals surface area (Å²) in [6.07, 6.45) is 7.06. The van der Waals surface area contributed by atoms with Crippen molar-refractivity contribution < 1.29 is 72.8 Å². The van der Waals surface area contributed by atoms with Crippen molar-refractivity contribution in [2.75, 3.05) is 13.2 Å². The van der Waals surface area contributed by atoms with Gasteiger partial charge in [0.15, 0.2) is 11.8 Å². The zero-order valence-corrected chi connectivity index (χ0v) is 43.0. The molecule has 1 aromatic heterocycles. The van der Waals surface area contributed by atoms with E-state index in [0.717, 1.165) is 44.9 Å². The van der Waals surface area contributed by atoms with Crippen molar-refractivity contribution in [2.24, 2.45) is 143 Å². The second kappa shape index (κ2) is 16.4. The van der Waals surface area contributed by atoms with Crippen LogP contribution in [0.5, 0.6) is 11.8 Å². The van der Waals surface area contributed by atoms with Crippen LogP contribution in [0.3, 0.4) is 0 Å². The fourth-order valence-electron chi connectivity index (χ4n) is 21.4. The summed E-state index contributed by atoms with van der Waals surface area (Å²) < 4.78 is 39.9. The molecule has 13 fully saturated rings. The predicted octanol–water partition coefficient (Wildman–Crippen LogP) is 5.32. The molecule has 16 nitrogen and oxygen atoms in total. The quantitative estimate of drug-likeness (QED) is 0.111. The molecular formula is C57H75NO15. The van der Waals surface area contributed by atoms with E-state index in [0.29, 0.717) is 59.5 Å². The molecule has 1 aromatic rings. The Hall–Kier alpha value is -3.73. The maximum atomic E-state index is 13.8. The van der Waals surface area contributed by atoms with Crippen molar-refractivity contribution in [3.05, 3.63) is 11.1 Å². The molecule has 0 amide bonds. The van der Waals surface area contributed by atoms with Gasteiger partial charge < -0.3 is 48.8 Å². The molecule has 12 bridgehead atoms. The van der Waals surface area contributed by atoms with Crippen LogP contribution >= 0.6 is 0 Å². The lowest BCUT2D eigenvalue weighted by Crippen LogP contribution is -2.51. The van der Waals surface area contributed by atoms with Crippen molar-refractivity contribution in [3.8, 4) is 11.8 Å². The van der Waals surface area contributed by atoms with E-state index in [4.69, 9.17) is 28.4 Å². The molecule has 6 saturated carbocycles. The van der Waals surface area contributed by atoms with Crippen molar-refractivity contribution in [1.29, 1.82) is 0 Å². The smallest absolute Gasteiger partial charge is 0.317 e. The van der Waals surface area contributed by atoms with E-state index in [1.165, 1.54) is 4.57 Å². The van der Waals surface area contributed by atoms with E-state index in [1.54, 1.807) is 14.0 Å². The van der Waals surface area contributed by atoms with Gasteiger partial charge in [-0.25, -0.2) is 0 Å². The number of aliphatic carboxylic acids is 1. The highest BCUT2D eigenvalue weighted by Crippen LogP contribution is 2.73. The van der Waals surface area contributed by atoms with Gasteiger partial charge in [0.2, 0.25) is 0 Å². The normalized spacial score (nSPS) is 51.4. The van der Waals surface area contributed by atoms with E-state index in [2.05, 4.69) is 6.92 Å². The zero-order chi connectivity index (χ0) is 50.7. The van der Waals surface area contributed by atoms with Gasteiger partial charge in [-0.3, -0.25) is 28.5 Å². The molecule has 13 aliphatic rings. The number of aliphatic hydroxyl groups is 1. The fourth-order valence-corrected chi connectivity index (χ4v) is 21.4. The Morgan fingerprint density at radius 3 is 1.63 bits per heavy atom. The Morgan fingerprint density at radius 2 is 1.08 bits per heavy atom. The van der Waals surface area contributed by atoms with Crippen LogP contribution in [-0.2, 0) is 72.3 Å². The summed E-state index contributed by atoms with van der Waals surface area (Å²) in [5.41, 5.74) is 0.394. The van der Waals surface area contributed by atoms with Gasteiger partial charge in [-0.15, -0.1) is 0 Å². The van der Waals surface area contributed by atoms with Gasteiger partial charge >= 0.3 is 29.8 Å². The number of rotatable bonds is 13. The molecule has 8 heterocycles. The highest BCUT2D eigenvalue weighted by Gasteiger charge is 2.75. The summed E-state index contributed by atoms with van der Waals surface area (Å²) in [7, 11) is 1.59. The number of ether oxygens (including phenoxy) is 6. The number of aromatic nitrogens is 1. The Kier molecular flexibility index (Phi) is 10.7. The Balaban J connectivity index is 0.808. The number of aliphatic hydroxyl groups excluding tert-OH is 1. The highest BCUT2D eigenvalue weighted by atomic mass is 16.6. The van der Waals surface area contributed by atoms with Crippen LogP contribution in [0, 0.1) is 136 Å². The van der Waals surface area contributed by atoms with Gasteiger partial charge in [0.05, 0.1) is 72.8 Å². The number of aromatic hydroxyl groups is 2. The molecule has 398 valence electrons. The van der Waals surface area contributed by atoms with Crippen molar-refractivity contribution in [1.82, 2.24) is 4.57 Å². The fraction of sp³-hybridized carbons (Fsp3) is 0.842. The second-order valence-electron chi connectivity index (χ2n) is 27.3. The monoisotopic (exact) mass is 1010 g/mol. The van der Waals surface area contributed by atoms with Crippen molar-refractivity contribution in [2.45, 2.75) is 141 Å². The van der Waals surface area contributed by atoms with Gasteiger partial charge in [0, 0.05) is 18.2 Å². The Bertz CT molecular complexity index is 2520. The number of carbonyl (C=O) groups is 5. The number of nitrogens with zero attached hydrogens (tertiary/aromatic N) is 1. The van der Waals surface area contributed by atoms with Crippen LogP contribution in [0.25, 0.3) is 0 Å². The number of carboxylic acids is 1. The number of hydrogen-bond donors (Lipinski definition) is 4. The van der Waals surface area contributed by atoms with Gasteiger partial charge in [0.1, 0.15) is 12.2 Å². The Morgan fingerprint density at radius 1 is 0.616 bits per heavy atom. The molecule has 0 aromatic carbocycles. The first-order chi connectivity index (χ1) is 34.8. The van der Waals surface area contributed by atoms with Crippen LogP contribution in [-0.4, -0.2) is 110 Å². The van der Waals surface area contributed by atoms with E-state index in [-0.39, 0.29) is 163 Å². The lowest BCUT2D eigenvalue weighted by Gasteiger charge is -2.47.